The number of ether oxygens (including phenoxy) is 4. The second kappa shape index (κ2) is 14.3. The summed E-state index contributed by atoms with van der Waals surface area (Å²) in [4.78, 5) is 34.5. The fraction of sp³-hybridized carbons (Fsp3) is 0.526. The molecule has 0 heterocycles. The Morgan fingerprint density at radius 1 is 0.667 bits per heavy atom. The molecule has 11 heteroatoms. The number of hydrogen-bond donors (Lipinski definition) is 4. The average Bonchev–Trinajstić information content (AvgIpc) is 2.78. The van der Waals surface area contributed by atoms with Gasteiger partial charge in [-0.05, 0) is 0 Å². The molecule has 0 fully saturated rings. The summed E-state index contributed by atoms with van der Waals surface area (Å²) in [7, 11) is 0. The molecule has 0 aromatic heterocycles. The van der Waals surface area contributed by atoms with Crippen LogP contribution in [-0.2, 0) is 33.3 Å². The molecule has 170 valence electrons. The maximum atomic E-state index is 11.9. The van der Waals surface area contributed by atoms with Gasteiger partial charge in [-0.3, -0.25) is 0 Å². The first-order valence-corrected chi connectivity index (χ1v) is 8.72. The molecule has 0 atom stereocenters. The molecule has 11 nitrogen and oxygen atoms in total. The highest BCUT2D eigenvalue weighted by Gasteiger charge is 2.35. The largest absolute Gasteiger partial charge is 0.500 e. The minimum absolute atomic E-state index is 0.268. The van der Waals surface area contributed by atoms with Crippen molar-refractivity contribution in [1.29, 1.82) is 0 Å². The van der Waals surface area contributed by atoms with E-state index in [9.17, 15) is 34.8 Å². The maximum absolute atomic E-state index is 11.9. The van der Waals surface area contributed by atoms with Gasteiger partial charge in [0.2, 0.25) is 0 Å². The molecule has 0 rings (SSSR count). The molecule has 4 N–H and O–H groups in total. The topological polar surface area (TPSA) is 169 Å². The lowest BCUT2D eigenvalue weighted by Gasteiger charge is -2.29. The van der Waals surface area contributed by atoms with Crippen LogP contribution < -0.4 is 0 Å². The Morgan fingerprint density at radius 2 is 1.07 bits per heavy atom. The molecular weight excluding hydrogens is 404 g/mol. The van der Waals surface area contributed by atoms with Crippen molar-refractivity contribution in [3.05, 3.63) is 37.6 Å². The smallest absolute Gasteiger partial charge is 0.333 e. The lowest BCUT2D eigenvalue weighted by molar-refractivity contribution is -0.159. The van der Waals surface area contributed by atoms with Gasteiger partial charge >= 0.3 is 17.9 Å². The number of esters is 3. The van der Waals surface area contributed by atoms with Gasteiger partial charge < -0.3 is 39.4 Å². The van der Waals surface area contributed by atoms with E-state index >= 15 is 0 Å². The van der Waals surface area contributed by atoms with Crippen molar-refractivity contribution >= 4 is 17.9 Å². The van der Waals surface area contributed by atoms with E-state index in [1.165, 1.54) is 0 Å². The van der Waals surface area contributed by atoms with Gasteiger partial charge in [-0.25, -0.2) is 14.4 Å². The minimum Gasteiger partial charge on any atom is -0.500 e. The standard InChI is InChI=1S/C19H28O11/c1-3-15(24)28-12-19(10-23,13-29-16(25)4-2)14-30-17(26)5-6-27-11-18(7-20,8-21)9-22/h3-6,20-23H,1-2,7-14H2. The van der Waals surface area contributed by atoms with Gasteiger partial charge in [-0.2, -0.15) is 0 Å². The number of aliphatic hydroxyl groups excluding tert-OH is 4. The van der Waals surface area contributed by atoms with Crippen LogP contribution in [0.25, 0.3) is 0 Å². The Balaban J connectivity index is 4.90. The second-order valence-electron chi connectivity index (χ2n) is 6.48. The quantitative estimate of drug-likeness (QED) is 0.0965. The molecule has 0 spiro atoms. The van der Waals surface area contributed by atoms with Crippen LogP contribution in [0.15, 0.2) is 37.6 Å². The Hall–Kier alpha value is -2.73. The Labute approximate surface area is 173 Å². The van der Waals surface area contributed by atoms with Crippen LogP contribution in [0.1, 0.15) is 0 Å². The predicted molar refractivity (Wildman–Crippen MR) is 102 cm³/mol. The summed E-state index contributed by atoms with van der Waals surface area (Å²) in [6.07, 6.45) is 3.61. The molecule has 0 aliphatic carbocycles. The number of carbonyl (C=O) groups excluding carboxylic acids is 3. The zero-order chi connectivity index (χ0) is 23.0. The van der Waals surface area contributed by atoms with E-state index in [0.717, 1.165) is 24.5 Å². The van der Waals surface area contributed by atoms with E-state index < -0.39 is 75.0 Å². The summed E-state index contributed by atoms with van der Waals surface area (Å²) in [5.41, 5.74) is -2.70. The summed E-state index contributed by atoms with van der Waals surface area (Å²) in [5.74, 6) is -2.48. The van der Waals surface area contributed by atoms with Crippen molar-refractivity contribution in [3.8, 4) is 0 Å². The highest BCUT2D eigenvalue weighted by Crippen LogP contribution is 2.20. The van der Waals surface area contributed by atoms with Crippen LogP contribution in [0.4, 0.5) is 0 Å². The zero-order valence-electron chi connectivity index (χ0n) is 16.5. The zero-order valence-corrected chi connectivity index (χ0v) is 16.5. The van der Waals surface area contributed by atoms with Crippen LogP contribution in [0.5, 0.6) is 0 Å². The first kappa shape index (κ1) is 27.3. The minimum atomic E-state index is -1.43. The van der Waals surface area contributed by atoms with Crippen LogP contribution in [0.2, 0.25) is 0 Å². The van der Waals surface area contributed by atoms with E-state index in [-0.39, 0.29) is 6.61 Å². The van der Waals surface area contributed by atoms with Crippen molar-refractivity contribution in [2.24, 2.45) is 10.8 Å². The molecule has 0 saturated carbocycles. The Bertz CT molecular complexity index is 575. The number of hydrogen-bond acceptors (Lipinski definition) is 11. The summed E-state index contributed by atoms with van der Waals surface area (Å²) < 4.78 is 19.8. The molecule has 0 aliphatic rings. The molecule has 0 radical (unpaired) electrons. The molecule has 0 aliphatic heterocycles. The van der Waals surface area contributed by atoms with Crippen molar-refractivity contribution in [3.63, 3.8) is 0 Å². The highest BCUT2D eigenvalue weighted by atomic mass is 16.6. The third-order valence-electron chi connectivity index (χ3n) is 3.93. The van der Waals surface area contributed by atoms with Crippen LogP contribution in [0.3, 0.4) is 0 Å². The van der Waals surface area contributed by atoms with Gasteiger partial charge in [0.05, 0.1) is 56.2 Å². The summed E-state index contributed by atoms with van der Waals surface area (Å²) in [6.45, 7) is 2.60. The molecule has 30 heavy (non-hydrogen) atoms. The molecule has 0 aromatic rings. The highest BCUT2D eigenvalue weighted by molar-refractivity contribution is 5.82. The van der Waals surface area contributed by atoms with E-state index in [4.69, 9.17) is 18.9 Å². The fourth-order valence-electron chi connectivity index (χ4n) is 1.72. The van der Waals surface area contributed by atoms with Crippen molar-refractivity contribution in [1.82, 2.24) is 0 Å². The molecular formula is C19H28O11. The predicted octanol–water partition coefficient (Wildman–Crippen LogP) is -1.54. The van der Waals surface area contributed by atoms with Gasteiger partial charge in [-0.1, -0.05) is 13.2 Å². The van der Waals surface area contributed by atoms with Crippen LogP contribution in [-0.4, -0.2) is 91.2 Å². The van der Waals surface area contributed by atoms with E-state index in [1.807, 2.05) is 0 Å². The van der Waals surface area contributed by atoms with Gasteiger partial charge in [0, 0.05) is 12.2 Å². The van der Waals surface area contributed by atoms with Gasteiger partial charge in [0.1, 0.15) is 19.8 Å². The molecule has 0 aromatic carbocycles. The number of carbonyl (C=O) groups is 3. The lowest BCUT2D eigenvalue weighted by Crippen LogP contribution is -2.42. The van der Waals surface area contributed by atoms with E-state index in [2.05, 4.69) is 13.2 Å². The molecule has 0 bridgehead atoms. The lowest BCUT2D eigenvalue weighted by atomic mass is 9.92. The van der Waals surface area contributed by atoms with Crippen molar-refractivity contribution in [2.45, 2.75) is 0 Å². The number of aliphatic hydroxyl groups is 4. The number of rotatable bonds is 16. The molecule has 0 amide bonds. The molecule has 0 saturated heterocycles. The first-order chi connectivity index (χ1) is 14.3. The third kappa shape index (κ3) is 9.65. The SMILES string of the molecule is C=CC(=O)OCC(CO)(COC(=O)C=C)COC(=O)C=COCC(CO)(CO)CO. The summed E-state index contributed by atoms with van der Waals surface area (Å²) in [6, 6.07) is 0. The monoisotopic (exact) mass is 432 g/mol. The molecule has 0 unspecified atom stereocenters. The third-order valence-corrected chi connectivity index (χ3v) is 3.93. The maximum Gasteiger partial charge on any atom is 0.333 e. The van der Waals surface area contributed by atoms with Crippen molar-refractivity contribution < 1.29 is 53.8 Å². The second-order valence-corrected chi connectivity index (χ2v) is 6.48. The van der Waals surface area contributed by atoms with Gasteiger partial charge in [0.25, 0.3) is 0 Å². The van der Waals surface area contributed by atoms with Crippen LogP contribution >= 0.6 is 0 Å². The van der Waals surface area contributed by atoms with E-state index in [0.29, 0.717) is 0 Å². The Kier molecular flexibility index (Phi) is 13.0. The van der Waals surface area contributed by atoms with E-state index in [1.54, 1.807) is 0 Å². The normalized spacial score (nSPS) is 11.6. The average molecular weight is 432 g/mol. The Morgan fingerprint density at radius 3 is 1.43 bits per heavy atom. The van der Waals surface area contributed by atoms with Crippen LogP contribution in [0, 0.1) is 10.8 Å². The van der Waals surface area contributed by atoms with Gasteiger partial charge in [0.15, 0.2) is 0 Å². The first-order valence-electron chi connectivity index (χ1n) is 8.72. The summed E-state index contributed by atoms with van der Waals surface area (Å²) >= 11 is 0. The summed E-state index contributed by atoms with van der Waals surface area (Å²) in [5, 5.41) is 37.2. The van der Waals surface area contributed by atoms with Crippen molar-refractivity contribution in [2.75, 3.05) is 52.9 Å². The fourth-order valence-corrected chi connectivity index (χ4v) is 1.72. The van der Waals surface area contributed by atoms with Gasteiger partial charge in [-0.15, -0.1) is 0 Å².